The molecule has 2 bridgehead atoms. The van der Waals surface area contributed by atoms with Crippen molar-refractivity contribution in [2.45, 2.75) is 25.7 Å². The summed E-state index contributed by atoms with van der Waals surface area (Å²) in [5, 5.41) is 0. The van der Waals surface area contributed by atoms with Gasteiger partial charge in [0, 0.05) is 6.08 Å². The molecule has 0 spiro atoms. The maximum Gasteiger partial charge on any atom is 0.154 e. The SMILES string of the molecule is C1=CC2CCC1C2.C=C.[C+]1=CC=CC1. The highest BCUT2D eigenvalue weighted by molar-refractivity contribution is 5.07. The molecule has 0 aliphatic heterocycles. The van der Waals surface area contributed by atoms with Crippen molar-refractivity contribution in [2.75, 3.05) is 0 Å². The molecular formula is C14H19+. The average molecular weight is 187 g/mol. The summed E-state index contributed by atoms with van der Waals surface area (Å²) in [6.45, 7) is 6.00. The molecule has 2 atom stereocenters. The Labute approximate surface area is 87.7 Å². The van der Waals surface area contributed by atoms with Crippen molar-refractivity contribution in [2.24, 2.45) is 11.8 Å². The summed E-state index contributed by atoms with van der Waals surface area (Å²) >= 11 is 0. The van der Waals surface area contributed by atoms with E-state index in [1.807, 2.05) is 12.2 Å². The van der Waals surface area contributed by atoms with Gasteiger partial charge in [-0.1, -0.05) is 12.2 Å². The number of fused-ring (bicyclic) bond motifs is 2. The lowest BCUT2D eigenvalue weighted by Gasteiger charge is -1.96. The van der Waals surface area contributed by atoms with Crippen LogP contribution in [-0.4, -0.2) is 0 Å². The molecule has 0 aromatic carbocycles. The quantitative estimate of drug-likeness (QED) is 0.396. The van der Waals surface area contributed by atoms with Gasteiger partial charge in [0.25, 0.3) is 0 Å². The van der Waals surface area contributed by atoms with Gasteiger partial charge in [-0.3, -0.25) is 0 Å². The van der Waals surface area contributed by atoms with Crippen LogP contribution in [-0.2, 0) is 0 Å². The zero-order valence-electron chi connectivity index (χ0n) is 8.78. The topological polar surface area (TPSA) is 0 Å². The van der Waals surface area contributed by atoms with Gasteiger partial charge in [-0.25, -0.2) is 0 Å². The molecule has 14 heavy (non-hydrogen) atoms. The van der Waals surface area contributed by atoms with Crippen molar-refractivity contribution in [3.05, 3.63) is 49.6 Å². The number of hydrogen-bond donors (Lipinski definition) is 0. The standard InChI is InChI=1S/C7H10.C5H5.C2H4/c1-2-7-4-3-6(1)5-7;1-2-4-5-3-1;1-2/h1-2,6-7H,3-5H2;1-3H,4H2;1-2H2/q;+1;. The van der Waals surface area contributed by atoms with Crippen LogP contribution < -0.4 is 0 Å². The molecule has 0 saturated heterocycles. The molecule has 0 heteroatoms. The highest BCUT2D eigenvalue weighted by atomic mass is 14.3. The first-order valence-corrected chi connectivity index (χ1v) is 5.35. The summed E-state index contributed by atoms with van der Waals surface area (Å²) in [6, 6.07) is 0. The summed E-state index contributed by atoms with van der Waals surface area (Å²) in [6.07, 6.45) is 19.2. The minimum Gasteiger partial charge on any atom is -0.106 e. The maximum atomic E-state index is 3.00. The van der Waals surface area contributed by atoms with Gasteiger partial charge in [0.1, 0.15) is 6.42 Å². The summed E-state index contributed by atoms with van der Waals surface area (Å²) in [4.78, 5) is 0. The normalized spacial score (nSPS) is 28.9. The van der Waals surface area contributed by atoms with Crippen LogP contribution in [0, 0.1) is 17.9 Å². The molecule has 3 rings (SSSR count). The third kappa shape index (κ3) is 3.32. The fourth-order valence-electron chi connectivity index (χ4n) is 2.06. The number of rotatable bonds is 0. The lowest BCUT2D eigenvalue weighted by atomic mass is 10.1. The summed E-state index contributed by atoms with van der Waals surface area (Å²) in [7, 11) is 0. The van der Waals surface area contributed by atoms with Gasteiger partial charge in [0.2, 0.25) is 0 Å². The average Bonchev–Trinajstić information content (AvgIpc) is 3.02. The minimum atomic E-state index is 0.991. The van der Waals surface area contributed by atoms with Crippen LogP contribution in [0.4, 0.5) is 0 Å². The molecule has 2 unspecified atom stereocenters. The zero-order chi connectivity index (χ0) is 10.2. The highest BCUT2D eigenvalue weighted by Gasteiger charge is 2.25. The summed E-state index contributed by atoms with van der Waals surface area (Å²) in [5.74, 6) is 1.98. The van der Waals surface area contributed by atoms with Crippen LogP contribution in [0.1, 0.15) is 25.7 Å². The Kier molecular flexibility index (Phi) is 4.96. The van der Waals surface area contributed by atoms with Crippen LogP contribution in [0.15, 0.2) is 43.5 Å². The van der Waals surface area contributed by atoms with E-state index in [1.54, 1.807) is 0 Å². The van der Waals surface area contributed by atoms with Crippen LogP contribution >= 0.6 is 0 Å². The van der Waals surface area contributed by atoms with Crippen molar-refractivity contribution in [1.82, 2.24) is 0 Å². The number of allylic oxidation sites excluding steroid dienone is 6. The van der Waals surface area contributed by atoms with Gasteiger partial charge in [-0.15, -0.1) is 13.2 Å². The molecule has 0 N–H and O–H groups in total. The molecule has 0 radical (unpaired) electrons. The second-order valence-corrected chi connectivity index (χ2v) is 3.72. The second kappa shape index (κ2) is 6.34. The predicted molar refractivity (Wildman–Crippen MR) is 62.8 cm³/mol. The minimum absolute atomic E-state index is 0.991. The van der Waals surface area contributed by atoms with E-state index in [9.17, 15) is 0 Å². The van der Waals surface area contributed by atoms with Crippen molar-refractivity contribution < 1.29 is 0 Å². The van der Waals surface area contributed by atoms with E-state index in [-0.39, 0.29) is 0 Å². The van der Waals surface area contributed by atoms with Crippen molar-refractivity contribution in [3.63, 3.8) is 0 Å². The monoisotopic (exact) mass is 187 g/mol. The number of hydrogen-bond acceptors (Lipinski definition) is 0. The third-order valence-electron chi connectivity index (χ3n) is 2.76. The molecule has 3 aliphatic carbocycles. The van der Waals surface area contributed by atoms with E-state index < -0.39 is 0 Å². The van der Waals surface area contributed by atoms with Crippen LogP contribution in [0.3, 0.4) is 0 Å². The van der Waals surface area contributed by atoms with Crippen LogP contribution in [0.25, 0.3) is 0 Å². The molecule has 0 amide bonds. The molecule has 0 heterocycles. The van der Waals surface area contributed by atoms with Crippen molar-refractivity contribution in [3.8, 4) is 0 Å². The Morgan fingerprint density at radius 1 is 1.07 bits per heavy atom. The fraction of sp³-hybridized carbons (Fsp3) is 0.429. The molecule has 0 aromatic rings. The summed E-state index contributed by atoms with van der Waals surface area (Å²) in [5.41, 5.74) is 0. The van der Waals surface area contributed by atoms with Crippen molar-refractivity contribution in [1.29, 1.82) is 0 Å². The largest absolute Gasteiger partial charge is 0.154 e. The van der Waals surface area contributed by atoms with E-state index in [0.29, 0.717) is 0 Å². The third-order valence-corrected chi connectivity index (χ3v) is 2.76. The van der Waals surface area contributed by atoms with E-state index in [1.165, 1.54) is 19.3 Å². The van der Waals surface area contributed by atoms with Gasteiger partial charge in [0.15, 0.2) is 6.08 Å². The second-order valence-electron chi connectivity index (χ2n) is 3.72. The van der Waals surface area contributed by atoms with Gasteiger partial charge in [-0.05, 0) is 31.1 Å². The lowest BCUT2D eigenvalue weighted by Crippen LogP contribution is -1.82. The molecule has 1 fully saturated rings. The van der Waals surface area contributed by atoms with Gasteiger partial charge < -0.3 is 0 Å². The maximum absolute atomic E-state index is 3.00. The van der Waals surface area contributed by atoms with Gasteiger partial charge >= 0.3 is 0 Å². The smallest absolute Gasteiger partial charge is 0.106 e. The van der Waals surface area contributed by atoms with Crippen molar-refractivity contribution >= 4 is 0 Å². The van der Waals surface area contributed by atoms with E-state index in [2.05, 4.69) is 37.5 Å². The Hall–Kier alpha value is -1.13. The van der Waals surface area contributed by atoms with Gasteiger partial charge in [-0.2, -0.15) is 0 Å². The zero-order valence-corrected chi connectivity index (χ0v) is 8.78. The Balaban J connectivity index is 0.000000125. The molecule has 0 nitrogen and oxygen atoms in total. The van der Waals surface area contributed by atoms with E-state index >= 15 is 0 Å². The summed E-state index contributed by atoms with van der Waals surface area (Å²) < 4.78 is 0. The molecule has 1 saturated carbocycles. The first-order valence-electron chi connectivity index (χ1n) is 5.35. The van der Waals surface area contributed by atoms with Crippen LogP contribution in [0.5, 0.6) is 0 Å². The molecule has 3 aliphatic rings. The Bertz CT molecular complexity index is 210. The lowest BCUT2D eigenvalue weighted by molar-refractivity contribution is 0.691. The fourth-order valence-corrected chi connectivity index (χ4v) is 2.06. The first kappa shape index (κ1) is 10.9. The molecule has 0 aromatic heterocycles. The predicted octanol–water partition coefficient (Wildman–Crippen LogP) is 4.08. The molecular weight excluding hydrogens is 168 g/mol. The van der Waals surface area contributed by atoms with E-state index in [4.69, 9.17) is 0 Å². The van der Waals surface area contributed by atoms with Gasteiger partial charge in [0.05, 0.1) is 12.2 Å². The Morgan fingerprint density at radius 3 is 1.86 bits per heavy atom. The van der Waals surface area contributed by atoms with Crippen LogP contribution in [0.2, 0.25) is 0 Å². The highest BCUT2D eigenvalue weighted by Crippen LogP contribution is 2.38. The Morgan fingerprint density at radius 2 is 1.71 bits per heavy atom. The first-order chi connectivity index (χ1) is 6.95. The molecule has 74 valence electrons. The van der Waals surface area contributed by atoms with E-state index in [0.717, 1.165) is 18.3 Å².